The monoisotopic (exact) mass is 282 g/mol. The molecule has 19 heavy (non-hydrogen) atoms. The summed E-state index contributed by atoms with van der Waals surface area (Å²) >= 11 is 5.96. The van der Waals surface area contributed by atoms with Gasteiger partial charge in [0.2, 0.25) is 0 Å². The number of nitrogens with zero attached hydrogens (tertiary/aromatic N) is 1. The highest BCUT2D eigenvalue weighted by Gasteiger charge is 2.15. The molecular formula is C13H6ClF3N2. The van der Waals surface area contributed by atoms with Crippen molar-refractivity contribution < 1.29 is 13.2 Å². The Labute approximate surface area is 110 Å². The number of aromatic amines is 1. The molecule has 1 aromatic carbocycles. The fourth-order valence-electron chi connectivity index (χ4n) is 1.89. The zero-order chi connectivity index (χ0) is 13.6. The second-order valence-corrected chi connectivity index (χ2v) is 4.39. The Morgan fingerprint density at radius 2 is 1.89 bits per heavy atom. The van der Waals surface area contributed by atoms with E-state index in [0.29, 0.717) is 22.1 Å². The highest BCUT2D eigenvalue weighted by Crippen LogP contribution is 2.30. The van der Waals surface area contributed by atoms with Crippen LogP contribution >= 0.6 is 11.6 Å². The number of hydrogen-bond donors (Lipinski definition) is 1. The Hall–Kier alpha value is -2.01. The SMILES string of the molecule is Fc1cc(F)c(F)c(-c2cc3c(Cl)ccnc3[nH]2)c1. The largest absolute Gasteiger partial charge is 0.339 e. The van der Waals surface area contributed by atoms with E-state index in [1.54, 1.807) is 6.07 Å². The van der Waals surface area contributed by atoms with Gasteiger partial charge in [-0.2, -0.15) is 0 Å². The summed E-state index contributed by atoms with van der Waals surface area (Å²) in [6, 6.07) is 4.48. The van der Waals surface area contributed by atoms with E-state index in [1.165, 1.54) is 12.3 Å². The minimum absolute atomic E-state index is 0.202. The van der Waals surface area contributed by atoms with Crippen molar-refractivity contribution in [3.63, 3.8) is 0 Å². The summed E-state index contributed by atoms with van der Waals surface area (Å²) in [6.45, 7) is 0. The molecule has 6 heteroatoms. The molecule has 0 radical (unpaired) electrons. The molecule has 3 aromatic rings. The van der Waals surface area contributed by atoms with Crippen LogP contribution in [0.3, 0.4) is 0 Å². The first-order chi connectivity index (χ1) is 9.06. The van der Waals surface area contributed by atoms with Crippen LogP contribution in [0, 0.1) is 17.5 Å². The average molecular weight is 283 g/mol. The minimum atomic E-state index is -1.24. The summed E-state index contributed by atoms with van der Waals surface area (Å²) < 4.78 is 40.0. The Morgan fingerprint density at radius 3 is 2.63 bits per heavy atom. The predicted molar refractivity (Wildman–Crippen MR) is 66.4 cm³/mol. The van der Waals surface area contributed by atoms with E-state index in [4.69, 9.17) is 11.6 Å². The number of rotatable bonds is 1. The van der Waals surface area contributed by atoms with Crippen LogP contribution in [-0.4, -0.2) is 9.97 Å². The number of fused-ring (bicyclic) bond motifs is 1. The molecule has 0 unspecified atom stereocenters. The lowest BCUT2D eigenvalue weighted by Gasteiger charge is -2.01. The van der Waals surface area contributed by atoms with Crippen LogP contribution < -0.4 is 0 Å². The number of pyridine rings is 1. The molecule has 0 aliphatic carbocycles. The quantitative estimate of drug-likeness (QED) is 0.662. The van der Waals surface area contributed by atoms with Gasteiger partial charge in [0, 0.05) is 23.2 Å². The molecule has 96 valence electrons. The molecule has 0 saturated heterocycles. The molecule has 2 heterocycles. The number of halogens is 4. The number of H-pyrrole nitrogens is 1. The average Bonchev–Trinajstić information content (AvgIpc) is 2.79. The van der Waals surface area contributed by atoms with Crippen LogP contribution in [0.25, 0.3) is 22.3 Å². The van der Waals surface area contributed by atoms with Crippen LogP contribution in [0.15, 0.2) is 30.5 Å². The van der Waals surface area contributed by atoms with Crippen molar-refractivity contribution in [1.29, 1.82) is 0 Å². The number of aromatic nitrogens is 2. The van der Waals surface area contributed by atoms with Crippen molar-refractivity contribution in [2.45, 2.75) is 0 Å². The normalized spacial score (nSPS) is 11.2. The number of hydrogen-bond acceptors (Lipinski definition) is 1. The predicted octanol–water partition coefficient (Wildman–Crippen LogP) is 4.30. The summed E-state index contributed by atoms with van der Waals surface area (Å²) in [5, 5.41) is 0.980. The molecule has 0 atom stereocenters. The first-order valence-corrected chi connectivity index (χ1v) is 5.72. The number of benzene rings is 1. The summed E-state index contributed by atoms with van der Waals surface area (Å²) in [5.74, 6) is -3.22. The Bertz CT molecular complexity index is 783. The second-order valence-electron chi connectivity index (χ2n) is 3.99. The van der Waals surface area contributed by atoms with E-state index in [2.05, 4.69) is 9.97 Å². The highest BCUT2D eigenvalue weighted by molar-refractivity contribution is 6.35. The van der Waals surface area contributed by atoms with E-state index in [-0.39, 0.29) is 11.3 Å². The number of nitrogens with one attached hydrogen (secondary N) is 1. The molecule has 3 rings (SSSR count). The van der Waals surface area contributed by atoms with Gasteiger partial charge in [-0.05, 0) is 18.2 Å². The van der Waals surface area contributed by atoms with Crippen LogP contribution in [-0.2, 0) is 0 Å². The second kappa shape index (κ2) is 4.28. The van der Waals surface area contributed by atoms with Crippen molar-refractivity contribution in [3.05, 3.63) is 52.9 Å². The zero-order valence-corrected chi connectivity index (χ0v) is 10.1. The van der Waals surface area contributed by atoms with Gasteiger partial charge < -0.3 is 4.98 Å². The van der Waals surface area contributed by atoms with Crippen LogP contribution in [0.1, 0.15) is 0 Å². The zero-order valence-electron chi connectivity index (χ0n) is 9.35. The fraction of sp³-hybridized carbons (Fsp3) is 0. The molecule has 1 N–H and O–H groups in total. The lowest BCUT2D eigenvalue weighted by atomic mass is 10.1. The molecule has 0 bridgehead atoms. The Morgan fingerprint density at radius 1 is 1.11 bits per heavy atom. The van der Waals surface area contributed by atoms with Gasteiger partial charge >= 0.3 is 0 Å². The van der Waals surface area contributed by atoms with E-state index in [0.717, 1.165) is 6.07 Å². The third kappa shape index (κ3) is 1.96. The molecule has 0 amide bonds. The van der Waals surface area contributed by atoms with Crippen molar-refractivity contribution in [3.8, 4) is 11.3 Å². The molecule has 0 fully saturated rings. The Kier molecular flexibility index (Phi) is 2.71. The molecule has 2 nitrogen and oxygen atoms in total. The third-order valence-corrected chi connectivity index (χ3v) is 3.09. The first-order valence-electron chi connectivity index (χ1n) is 5.34. The van der Waals surface area contributed by atoms with Gasteiger partial charge in [-0.25, -0.2) is 18.2 Å². The van der Waals surface area contributed by atoms with Gasteiger partial charge in [0.1, 0.15) is 11.5 Å². The molecule has 0 spiro atoms. The molecule has 0 aliphatic rings. The maximum atomic E-state index is 13.7. The highest BCUT2D eigenvalue weighted by atomic mass is 35.5. The smallest absolute Gasteiger partial charge is 0.168 e. The summed E-state index contributed by atoms with van der Waals surface area (Å²) in [7, 11) is 0. The van der Waals surface area contributed by atoms with Crippen molar-refractivity contribution in [2.75, 3.05) is 0 Å². The summed E-state index contributed by atoms with van der Waals surface area (Å²) in [5.41, 5.74) is 0.435. The molecule has 0 aliphatic heterocycles. The minimum Gasteiger partial charge on any atom is -0.339 e. The van der Waals surface area contributed by atoms with Crippen molar-refractivity contribution >= 4 is 22.6 Å². The molecular weight excluding hydrogens is 277 g/mol. The lowest BCUT2D eigenvalue weighted by molar-refractivity contribution is 0.497. The summed E-state index contributed by atoms with van der Waals surface area (Å²) in [6.07, 6.45) is 1.48. The van der Waals surface area contributed by atoms with Gasteiger partial charge in [0.15, 0.2) is 11.6 Å². The fourth-order valence-corrected chi connectivity index (χ4v) is 2.09. The molecule has 2 aromatic heterocycles. The van der Waals surface area contributed by atoms with E-state index >= 15 is 0 Å². The van der Waals surface area contributed by atoms with Crippen LogP contribution in [0.5, 0.6) is 0 Å². The molecule has 0 saturated carbocycles. The van der Waals surface area contributed by atoms with Gasteiger partial charge in [-0.1, -0.05) is 11.6 Å². The van der Waals surface area contributed by atoms with Crippen molar-refractivity contribution in [1.82, 2.24) is 9.97 Å². The standard InChI is InChI=1S/C13H6ClF3N2/c14-9-1-2-18-13-7(9)5-11(19-13)8-3-6(15)4-10(16)12(8)17/h1-5H,(H,18,19). The Balaban J connectivity index is 2.28. The van der Waals surface area contributed by atoms with Crippen molar-refractivity contribution in [2.24, 2.45) is 0 Å². The van der Waals surface area contributed by atoms with E-state index in [9.17, 15) is 13.2 Å². The van der Waals surface area contributed by atoms with Gasteiger partial charge in [0.25, 0.3) is 0 Å². The van der Waals surface area contributed by atoms with E-state index < -0.39 is 17.5 Å². The van der Waals surface area contributed by atoms with Gasteiger partial charge in [-0.15, -0.1) is 0 Å². The van der Waals surface area contributed by atoms with Crippen LogP contribution in [0.2, 0.25) is 5.02 Å². The lowest BCUT2D eigenvalue weighted by Crippen LogP contribution is -1.92. The van der Waals surface area contributed by atoms with Crippen LogP contribution in [0.4, 0.5) is 13.2 Å². The summed E-state index contributed by atoms with van der Waals surface area (Å²) in [4.78, 5) is 6.79. The van der Waals surface area contributed by atoms with Gasteiger partial charge in [-0.3, -0.25) is 0 Å². The van der Waals surface area contributed by atoms with E-state index in [1.807, 2.05) is 0 Å². The van der Waals surface area contributed by atoms with Gasteiger partial charge in [0.05, 0.1) is 10.7 Å². The first kappa shape index (κ1) is 12.0. The maximum absolute atomic E-state index is 13.7. The topological polar surface area (TPSA) is 28.7 Å². The maximum Gasteiger partial charge on any atom is 0.168 e. The third-order valence-electron chi connectivity index (χ3n) is 2.76.